The fraction of sp³-hybridized carbons (Fsp3) is 1.00. The molecule has 0 radical (unpaired) electrons. The zero-order valence-electron chi connectivity index (χ0n) is 13.1. The van der Waals surface area contributed by atoms with Gasteiger partial charge in [-0.25, -0.2) is 4.72 Å². The molecule has 0 spiro atoms. The Labute approximate surface area is 129 Å². The summed E-state index contributed by atoms with van der Waals surface area (Å²) in [4.78, 5) is 2.38. The summed E-state index contributed by atoms with van der Waals surface area (Å²) in [6.07, 6.45) is 5.68. The van der Waals surface area contributed by atoms with E-state index < -0.39 is 10.2 Å². The molecule has 2 heterocycles. The zero-order chi connectivity index (χ0) is 15.3. The van der Waals surface area contributed by atoms with Crippen LogP contribution in [-0.2, 0) is 10.2 Å². The Morgan fingerprint density at radius 3 is 2.57 bits per heavy atom. The summed E-state index contributed by atoms with van der Waals surface area (Å²) in [5.41, 5.74) is 5.68. The number of nitrogens with zero attached hydrogens (tertiary/aromatic N) is 2. The average molecular weight is 318 g/mol. The highest BCUT2D eigenvalue weighted by Crippen LogP contribution is 2.18. The normalized spacial score (nSPS) is 27.6. The van der Waals surface area contributed by atoms with Crippen LogP contribution in [0.2, 0.25) is 0 Å². The predicted molar refractivity (Wildman–Crippen MR) is 85.2 cm³/mol. The van der Waals surface area contributed by atoms with Crippen molar-refractivity contribution in [3.8, 4) is 0 Å². The third-order valence-corrected chi connectivity index (χ3v) is 6.27. The molecule has 0 aromatic carbocycles. The summed E-state index contributed by atoms with van der Waals surface area (Å²) < 4.78 is 29.1. The second kappa shape index (κ2) is 7.87. The number of likely N-dealkylation sites (tertiary alicyclic amines) is 1. The van der Waals surface area contributed by atoms with Gasteiger partial charge in [0.15, 0.2) is 0 Å². The van der Waals surface area contributed by atoms with Crippen molar-refractivity contribution >= 4 is 10.2 Å². The van der Waals surface area contributed by atoms with Crippen molar-refractivity contribution in [2.45, 2.75) is 45.1 Å². The molecule has 124 valence electrons. The predicted octanol–water partition coefficient (Wildman–Crippen LogP) is 0.366. The SMILES string of the molecule is CC(CNS(=O)(=O)N1CCCC(CN)C1)N1CCCCC1. The average Bonchev–Trinajstić information content (AvgIpc) is 2.53. The summed E-state index contributed by atoms with van der Waals surface area (Å²) in [5, 5.41) is 0. The molecule has 0 aromatic heterocycles. The number of nitrogens with two attached hydrogens (primary N) is 1. The van der Waals surface area contributed by atoms with E-state index in [1.807, 2.05) is 0 Å². The van der Waals surface area contributed by atoms with Crippen LogP contribution in [0, 0.1) is 5.92 Å². The van der Waals surface area contributed by atoms with Gasteiger partial charge in [0.1, 0.15) is 0 Å². The van der Waals surface area contributed by atoms with Gasteiger partial charge >= 0.3 is 0 Å². The number of nitrogens with one attached hydrogen (secondary N) is 1. The molecule has 2 fully saturated rings. The molecule has 0 saturated carbocycles. The summed E-state index contributed by atoms with van der Waals surface area (Å²) in [5.74, 6) is 0.301. The second-order valence-electron chi connectivity index (χ2n) is 6.40. The minimum atomic E-state index is -3.36. The number of hydrogen-bond donors (Lipinski definition) is 2. The van der Waals surface area contributed by atoms with Crippen LogP contribution < -0.4 is 10.5 Å². The van der Waals surface area contributed by atoms with Crippen molar-refractivity contribution in [3.63, 3.8) is 0 Å². The van der Waals surface area contributed by atoms with E-state index in [1.54, 1.807) is 4.31 Å². The quantitative estimate of drug-likeness (QED) is 0.741. The number of hydrogen-bond acceptors (Lipinski definition) is 4. The third kappa shape index (κ3) is 4.89. The Morgan fingerprint density at radius 1 is 1.19 bits per heavy atom. The molecule has 0 aromatic rings. The highest BCUT2D eigenvalue weighted by Gasteiger charge is 2.28. The minimum absolute atomic E-state index is 0.259. The molecule has 0 amide bonds. The van der Waals surface area contributed by atoms with Gasteiger partial charge in [-0.2, -0.15) is 12.7 Å². The van der Waals surface area contributed by atoms with Gasteiger partial charge in [0.2, 0.25) is 0 Å². The van der Waals surface area contributed by atoms with Crippen LogP contribution >= 0.6 is 0 Å². The Bertz CT molecular complexity index is 409. The lowest BCUT2D eigenvalue weighted by Gasteiger charge is -2.34. The molecule has 2 unspecified atom stereocenters. The van der Waals surface area contributed by atoms with E-state index in [1.165, 1.54) is 19.3 Å². The molecular formula is C14H30N4O2S. The van der Waals surface area contributed by atoms with Crippen molar-refractivity contribution in [1.82, 2.24) is 13.9 Å². The minimum Gasteiger partial charge on any atom is -0.330 e. The molecule has 2 rings (SSSR count). The molecule has 2 saturated heterocycles. The molecule has 3 N–H and O–H groups in total. The fourth-order valence-electron chi connectivity index (χ4n) is 3.24. The van der Waals surface area contributed by atoms with Gasteiger partial charge < -0.3 is 5.73 Å². The number of piperidine rings is 2. The molecule has 6 nitrogen and oxygen atoms in total. The first-order chi connectivity index (χ1) is 10.0. The first-order valence-electron chi connectivity index (χ1n) is 8.22. The molecule has 0 bridgehead atoms. The van der Waals surface area contributed by atoms with E-state index in [2.05, 4.69) is 16.5 Å². The molecule has 21 heavy (non-hydrogen) atoms. The first kappa shape index (κ1) is 17.1. The van der Waals surface area contributed by atoms with Crippen LogP contribution in [0.3, 0.4) is 0 Å². The van der Waals surface area contributed by atoms with E-state index in [0.29, 0.717) is 32.1 Å². The molecular weight excluding hydrogens is 288 g/mol. The third-order valence-electron chi connectivity index (χ3n) is 4.73. The molecule has 0 aliphatic carbocycles. The van der Waals surface area contributed by atoms with Crippen LogP contribution in [0.5, 0.6) is 0 Å². The topological polar surface area (TPSA) is 78.7 Å². The van der Waals surface area contributed by atoms with Crippen molar-refractivity contribution in [3.05, 3.63) is 0 Å². The Hall–Kier alpha value is -0.210. The maximum atomic E-state index is 12.4. The van der Waals surface area contributed by atoms with Crippen molar-refractivity contribution < 1.29 is 8.42 Å². The van der Waals surface area contributed by atoms with E-state index in [0.717, 1.165) is 25.9 Å². The number of rotatable bonds is 6. The summed E-state index contributed by atoms with van der Waals surface area (Å²) in [6, 6.07) is 0.259. The molecule has 2 atom stereocenters. The van der Waals surface area contributed by atoms with Crippen molar-refractivity contribution in [2.75, 3.05) is 39.3 Å². The smallest absolute Gasteiger partial charge is 0.279 e. The van der Waals surface area contributed by atoms with Crippen molar-refractivity contribution in [1.29, 1.82) is 0 Å². The highest BCUT2D eigenvalue weighted by atomic mass is 32.2. The molecule has 2 aliphatic rings. The van der Waals surface area contributed by atoms with Gasteiger partial charge in [0, 0.05) is 25.7 Å². The lowest BCUT2D eigenvalue weighted by Crippen LogP contribution is -2.50. The Morgan fingerprint density at radius 2 is 1.90 bits per heavy atom. The standard InChI is InChI=1S/C14H30N4O2S/c1-13(17-7-3-2-4-8-17)11-16-21(19,20)18-9-5-6-14(10-15)12-18/h13-14,16H,2-12,15H2,1H3. The van der Waals surface area contributed by atoms with Gasteiger partial charge in [-0.15, -0.1) is 0 Å². The van der Waals surface area contributed by atoms with Gasteiger partial charge in [0.05, 0.1) is 0 Å². The largest absolute Gasteiger partial charge is 0.330 e. The van der Waals surface area contributed by atoms with Gasteiger partial charge in [0.25, 0.3) is 10.2 Å². The lowest BCUT2D eigenvalue weighted by atomic mass is 10.0. The second-order valence-corrected chi connectivity index (χ2v) is 8.16. The first-order valence-corrected chi connectivity index (χ1v) is 9.66. The van der Waals surface area contributed by atoms with Crippen LogP contribution in [0.15, 0.2) is 0 Å². The van der Waals surface area contributed by atoms with E-state index in [-0.39, 0.29) is 6.04 Å². The maximum Gasteiger partial charge on any atom is 0.279 e. The van der Waals surface area contributed by atoms with E-state index in [9.17, 15) is 8.42 Å². The fourth-order valence-corrected chi connectivity index (χ4v) is 4.65. The van der Waals surface area contributed by atoms with Crippen LogP contribution in [0.1, 0.15) is 39.0 Å². The summed E-state index contributed by atoms with van der Waals surface area (Å²) >= 11 is 0. The van der Waals surface area contributed by atoms with Crippen LogP contribution in [-0.4, -0.2) is 62.9 Å². The highest BCUT2D eigenvalue weighted by molar-refractivity contribution is 7.87. The zero-order valence-corrected chi connectivity index (χ0v) is 13.9. The van der Waals surface area contributed by atoms with Gasteiger partial charge in [-0.05, 0) is 58.2 Å². The van der Waals surface area contributed by atoms with Crippen LogP contribution in [0.4, 0.5) is 0 Å². The molecule has 2 aliphatic heterocycles. The van der Waals surface area contributed by atoms with E-state index >= 15 is 0 Å². The van der Waals surface area contributed by atoms with E-state index in [4.69, 9.17) is 5.73 Å². The van der Waals surface area contributed by atoms with Gasteiger partial charge in [-0.1, -0.05) is 6.42 Å². The maximum absolute atomic E-state index is 12.4. The van der Waals surface area contributed by atoms with Gasteiger partial charge in [-0.3, -0.25) is 4.90 Å². The summed E-state index contributed by atoms with van der Waals surface area (Å²) in [6.45, 7) is 6.51. The Kier molecular flexibility index (Phi) is 6.43. The monoisotopic (exact) mass is 318 g/mol. The van der Waals surface area contributed by atoms with Crippen LogP contribution in [0.25, 0.3) is 0 Å². The van der Waals surface area contributed by atoms with Crippen molar-refractivity contribution in [2.24, 2.45) is 11.7 Å². The summed E-state index contributed by atoms with van der Waals surface area (Å²) in [7, 11) is -3.36. The Balaban J connectivity index is 1.82. The molecule has 7 heteroatoms. The lowest BCUT2D eigenvalue weighted by molar-refractivity contribution is 0.174.